The van der Waals surface area contributed by atoms with Crippen molar-refractivity contribution in [2.75, 3.05) is 13.2 Å². The Labute approximate surface area is 126 Å². The van der Waals surface area contributed by atoms with Crippen LogP contribution in [0.4, 0.5) is 0 Å². The topological polar surface area (TPSA) is 30.5 Å². The Morgan fingerprint density at radius 1 is 0.857 bits per heavy atom. The highest BCUT2D eigenvalue weighted by molar-refractivity contribution is 5.40. The van der Waals surface area contributed by atoms with E-state index in [0.29, 0.717) is 13.2 Å². The summed E-state index contributed by atoms with van der Waals surface area (Å²) in [7, 11) is 0. The first kappa shape index (κ1) is 15.4. The molecule has 0 radical (unpaired) electrons. The van der Waals surface area contributed by atoms with Crippen LogP contribution in [-0.2, 0) is 13.1 Å². The fourth-order valence-corrected chi connectivity index (χ4v) is 2.16. The van der Waals surface area contributed by atoms with Gasteiger partial charge >= 0.3 is 0 Å². The molecule has 0 unspecified atom stereocenters. The van der Waals surface area contributed by atoms with E-state index in [2.05, 4.69) is 35.6 Å². The van der Waals surface area contributed by atoms with Gasteiger partial charge in [0.05, 0.1) is 13.2 Å². The van der Waals surface area contributed by atoms with Gasteiger partial charge in [-0.25, -0.2) is 0 Å². The Balaban J connectivity index is 1.98. The molecular formula is C18H23NO2. The Morgan fingerprint density at radius 2 is 1.62 bits per heavy atom. The van der Waals surface area contributed by atoms with Crippen molar-refractivity contribution in [3.05, 3.63) is 59.7 Å². The average molecular weight is 285 g/mol. The maximum absolute atomic E-state index is 5.71. The molecule has 0 amide bonds. The van der Waals surface area contributed by atoms with Crippen molar-refractivity contribution in [1.29, 1.82) is 0 Å². The molecule has 2 rings (SSSR count). The number of benzene rings is 2. The minimum atomic E-state index is 0.654. The van der Waals surface area contributed by atoms with Crippen LogP contribution in [0.3, 0.4) is 0 Å². The molecule has 0 atom stereocenters. The van der Waals surface area contributed by atoms with Gasteiger partial charge in [-0.15, -0.1) is 0 Å². The second-order valence-corrected chi connectivity index (χ2v) is 4.72. The van der Waals surface area contributed by atoms with E-state index in [0.717, 1.165) is 30.2 Å². The Hall–Kier alpha value is -2.00. The largest absolute Gasteiger partial charge is 0.494 e. The summed E-state index contributed by atoms with van der Waals surface area (Å²) in [5.74, 6) is 1.75. The highest BCUT2D eigenvalue weighted by atomic mass is 16.5. The minimum Gasteiger partial charge on any atom is -0.494 e. The van der Waals surface area contributed by atoms with E-state index in [1.54, 1.807) is 0 Å². The summed E-state index contributed by atoms with van der Waals surface area (Å²) in [6.07, 6.45) is 0. The van der Waals surface area contributed by atoms with Crippen LogP contribution in [0.2, 0.25) is 0 Å². The Morgan fingerprint density at radius 3 is 2.33 bits per heavy atom. The van der Waals surface area contributed by atoms with Crippen LogP contribution in [0, 0.1) is 0 Å². The van der Waals surface area contributed by atoms with Crippen LogP contribution < -0.4 is 14.8 Å². The van der Waals surface area contributed by atoms with Gasteiger partial charge < -0.3 is 14.8 Å². The summed E-state index contributed by atoms with van der Waals surface area (Å²) in [5.41, 5.74) is 2.43. The fraction of sp³-hybridized carbons (Fsp3) is 0.333. The number of nitrogens with one attached hydrogen (secondary N) is 1. The van der Waals surface area contributed by atoms with Crippen molar-refractivity contribution < 1.29 is 9.47 Å². The molecule has 3 nitrogen and oxygen atoms in total. The summed E-state index contributed by atoms with van der Waals surface area (Å²) in [4.78, 5) is 0. The molecule has 0 aliphatic heterocycles. The van der Waals surface area contributed by atoms with Crippen LogP contribution in [0.15, 0.2) is 48.5 Å². The standard InChI is InChI=1S/C18H23NO2/c1-3-20-17-11-10-16(18(12-17)21-4-2)14-19-13-15-8-6-5-7-9-15/h5-12,19H,3-4,13-14H2,1-2H3. The maximum Gasteiger partial charge on any atom is 0.127 e. The van der Waals surface area contributed by atoms with Crippen LogP contribution in [-0.4, -0.2) is 13.2 Å². The van der Waals surface area contributed by atoms with E-state index >= 15 is 0 Å². The maximum atomic E-state index is 5.71. The van der Waals surface area contributed by atoms with Crippen molar-refractivity contribution in [2.45, 2.75) is 26.9 Å². The molecule has 0 aliphatic carbocycles. The quantitative estimate of drug-likeness (QED) is 0.801. The molecule has 3 heteroatoms. The normalized spacial score (nSPS) is 10.4. The molecule has 0 saturated heterocycles. The molecule has 112 valence electrons. The summed E-state index contributed by atoms with van der Waals surface area (Å²) in [5, 5.41) is 3.45. The van der Waals surface area contributed by atoms with Crippen molar-refractivity contribution in [2.24, 2.45) is 0 Å². The highest BCUT2D eigenvalue weighted by Gasteiger charge is 2.05. The monoisotopic (exact) mass is 285 g/mol. The van der Waals surface area contributed by atoms with E-state index in [9.17, 15) is 0 Å². The smallest absolute Gasteiger partial charge is 0.127 e. The van der Waals surface area contributed by atoms with Crippen molar-refractivity contribution >= 4 is 0 Å². The predicted octanol–water partition coefficient (Wildman–Crippen LogP) is 3.77. The summed E-state index contributed by atoms with van der Waals surface area (Å²) in [6.45, 7) is 6.92. The molecule has 2 aromatic rings. The molecule has 0 aliphatic rings. The fourth-order valence-electron chi connectivity index (χ4n) is 2.16. The van der Waals surface area contributed by atoms with E-state index in [-0.39, 0.29) is 0 Å². The van der Waals surface area contributed by atoms with Crippen LogP contribution in [0.1, 0.15) is 25.0 Å². The molecule has 0 aromatic heterocycles. The zero-order chi connectivity index (χ0) is 14.9. The molecule has 1 N–H and O–H groups in total. The number of hydrogen-bond donors (Lipinski definition) is 1. The number of hydrogen-bond acceptors (Lipinski definition) is 3. The van der Waals surface area contributed by atoms with E-state index in [1.165, 1.54) is 5.56 Å². The predicted molar refractivity (Wildman–Crippen MR) is 85.8 cm³/mol. The lowest BCUT2D eigenvalue weighted by atomic mass is 10.1. The Bertz CT molecular complexity index is 540. The van der Waals surface area contributed by atoms with Gasteiger partial charge in [-0.3, -0.25) is 0 Å². The van der Waals surface area contributed by atoms with Crippen molar-refractivity contribution in [3.63, 3.8) is 0 Å². The summed E-state index contributed by atoms with van der Waals surface area (Å²) in [6, 6.07) is 16.4. The van der Waals surface area contributed by atoms with Crippen molar-refractivity contribution in [1.82, 2.24) is 5.32 Å². The number of ether oxygens (including phenoxy) is 2. The van der Waals surface area contributed by atoms with Gasteiger partial charge in [-0.2, -0.15) is 0 Å². The number of rotatable bonds is 8. The lowest BCUT2D eigenvalue weighted by Crippen LogP contribution is -2.13. The molecule has 0 saturated carbocycles. The molecule has 21 heavy (non-hydrogen) atoms. The molecule has 0 heterocycles. The molecule has 0 bridgehead atoms. The van der Waals surface area contributed by atoms with Crippen LogP contribution >= 0.6 is 0 Å². The third-order valence-electron chi connectivity index (χ3n) is 3.14. The Kier molecular flexibility index (Phi) is 6.10. The molecular weight excluding hydrogens is 262 g/mol. The first-order valence-corrected chi connectivity index (χ1v) is 7.46. The second kappa shape index (κ2) is 8.32. The van der Waals surface area contributed by atoms with E-state index in [4.69, 9.17) is 9.47 Å². The zero-order valence-corrected chi connectivity index (χ0v) is 12.8. The highest BCUT2D eigenvalue weighted by Crippen LogP contribution is 2.25. The lowest BCUT2D eigenvalue weighted by Gasteiger charge is -2.13. The van der Waals surface area contributed by atoms with Gasteiger partial charge in [0.2, 0.25) is 0 Å². The third-order valence-corrected chi connectivity index (χ3v) is 3.14. The van der Waals surface area contributed by atoms with E-state index < -0.39 is 0 Å². The average Bonchev–Trinajstić information content (AvgIpc) is 2.51. The summed E-state index contributed by atoms with van der Waals surface area (Å²) < 4.78 is 11.2. The summed E-state index contributed by atoms with van der Waals surface area (Å²) >= 11 is 0. The zero-order valence-electron chi connectivity index (χ0n) is 12.8. The first-order chi connectivity index (χ1) is 10.3. The lowest BCUT2D eigenvalue weighted by molar-refractivity contribution is 0.320. The van der Waals surface area contributed by atoms with Gasteiger partial charge in [0, 0.05) is 24.7 Å². The molecule has 0 spiro atoms. The SMILES string of the molecule is CCOc1ccc(CNCc2ccccc2)c(OCC)c1. The van der Waals surface area contributed by atoms with E-state index in [1.807, 2.05) is 32.0 Å². The van der Waals surface area contributed by atoms with Gasteiger partial charge in [0.1, 0.15) is 11.5 Å². The van der Waals surface area contributed by atoms with Gasteiger partial charge in [-0.05, 0) is 25.5 Å². The van der Waals surface area contributed by atoms with Gasteiger partial charge in [0.25, 0.3) is 0 Å². The van der Waals surface area contributed by atoms with Gasteiger partial charge in [0.15, 0.2) is 0 Å². The van der Waals surface area contributed by atoms with Crippen molar-refractivity contribution in [3.8, 4) is 11.5 Å². The van der Waals surface area contributed by atoms with Crippen LogP contribution in [0.25, 0.3) is 0 Å². The van der Waals surface area contributed by atoms with Gasteiger partial charge in [-0.1, -0.05) is 36.4 Å². The molecule has 2 aromatic carbocycles. The first-order valence-electron chi connectivity index (χ1n) is 7.46. The molecule has 0 fully saturated rings. The third kappa shape index (κ3) is 4.80. The second-order valence-electron chi connectivity index (χ2n) is 4.72. The minimum absolute atomic E-state index is 0.654. The van der Waals surface area contributed by atoms with Crippen LogP contribution in [0.5, 0.6) is 11.5 Å².